The Hall–Kier alpha value is -0.860. The van der Waals surface area contributed by atoms with Crippen LogP contribution in [0.15, 0.2) is 24.3 Å². The molecule has 0 aromatic heterocycles. The van der Waals surface area contributed by atoms with Crippen LogP contribution in [0, 0.1) is 12.8 Å². The lowest BCUT2D eigenvalue weighted by Crippen LogP contribution is -2.25. The fraction of sp³-hybridized carbons (Fsp3) is 0.625. The van der Waals surface area contributed by atoms with Crippen molar-refractivity contribution in [2.24, 2.45) is 5.92 Å². The Balaban J connectivity index is 2.55. The zero-order chi connectivity index (χ0) is 13.5. The number of hydrogen-bond donors (Lipinski definition) is 1. The molecule has 2 atom stereocenters. The molecule has 0 amide bonds. The van der Waals surface area contributed by atoms with Gasteiger partial charge in [0.25, 0.3) is 0 Å². The van der Waals surface area contributed by atoms with Crippen molar-refractivity contribution in [2.45, 2.75) is 46.3 Å². The van der Waals surface area contributed by atoms with Crippen molar-refractivity contribution in [3.8, 4) is 0 Å². The van der Waals surface area contributed by atoms with Crippen molar-refractivity contribution >= 4 is 0 Å². The molecule has 18 heavy (non-hydrogen) atoms. The van der Waals surface area contributed by atoms with Gasteiger partial charge in [0.15, 0.2) is 0 Å². The van der Waals surface area contributed by atoms with Crippen molar-refractivity contribution in [1.82, 2.24) is 5.32 Å². The molecule has 0 saturated heterocycles. The first-order valence-corrected chi connectivity index (χ1v) is 6.89. The summed E-state index contributed by atoms with van der Waals surface area (Å²) in [5.74, 6) is 0.687. The molecular weight excluding hydrogens is 222 g/mol. The maximum atomic E-state index is 5.95. The summed E-state index contributed by atoms with van der Waals surface area (Å²) in [5, 5.41) is 3.34. The minimum Gasteiger partial charge on any atom is -0.377 e. The van der Waals surface area contributed by atoms with Crippen LogP contribution in [-0.2, 0) is 4.74 Å². The molecule has 1 aromatic carbocycles. The highest BCUT2D eigenvalue weighted by Crippen LogP contribution is 2.18. The van der Waals surface area contributed by atoms with Gasteiger partial charge in [-0.3, -0.25) is 0 Å². The lowest BCUT2D eigenvalue weighted by molar-refractivity contribution is 0.0382. The zero-order valence-corrected chi connectivity index (χ0v) is 12.4. The molecule has 0 aliphatic heterocycles. The Labute approximate surface area is 112 Å². The minimum atomic E-state index is 0.279. The number of likely N-dealkylation sites (N-methyl/N-ethyl adjacent to an activating group) is 1. The van der Waals surface area contributed by atoms with Crippen molar-refractivity contribution in [3.05, 3.63) is 35.4 Å². The van der Waals surface area contributed by atoms with E-state index in [1.165, 1.54) is 11.1 Å². The molecule has 0 saturated carbocycles. The van der Waals surface area contributed by atoms with Gasteiger partial charge >= 0.3 is 0 Å². The standard InChI is InChI=1S/C16H27NO/c1-12(2)10-14(4)18-11-16(17-5)15-9-7-6-8-13(15)3/h6-9,12,14,16-17H,10-11H2,1-5H3. The van der Waals surface area contributed by atoms with Crippen LogP contribution in [0.1, 0.15) is 44.4 Å². The third kappa shape index (κ3) is 4.79. The Bertz CT molecular complexity index is 349. The third-order valence-electron chi connectivity index (χ3n) is 3.26. The molecule has 2 nitrogen and oxygen atoms in total. The molecule has 1 aromatic rings. The summed E-state index contributed by atoms with van der Waals surface area (Å²) >= 11 is 0. The largest absolute Gasteiger partial charge is 0.377 e. The van der Waals surface area contributed by atoms with E-state index < -0.39 is 0 Å². The molecule has 1 N–H and O–H groups in total. The SMILES string of the molecule is CNC(COC(C)CC(C)C)c1ccccc1C. The highest BCUT2D eigenvalue weighted by atomic mass is 16.5. The molecule has 1 rings (SSSR count). The average Bonchev–Trinajstić information content (AvgIpc) is 2.31. The van der Waals surface area contributed by atoms with Crippen LogP contribution in [-0.4, -0.2) is 19.8 Å². The van der Waals surface area contributed by atoms with Gasteiger partial charge in [0, 0.05) is 0 Å². The highest BCUT2D eigenvalue weighted by molar-refractivity contribution is 5.28. The number of nitrogens with one attached hydrogen (secondary N) is 1. The molecule has 0 aliphatic rings. The first kappa shape index (κ1) is 15.2. The summed E-state index contributed by atoms with van der Waals surface area (Å²) in [6.07, 6.45) is 1.44. The molecular formula is C16H27NO. The van der Waals surface area contributed by atoms with Gasteiger partial charge in [0.1, 0.15) is 0 Å². The molecule has 2 unspecified atom stereocenters. The Morgan fingerprint density at radius 3 is 2.39 bits per heavy atom. The van der Waals surface area contributed by atoms with E-state index in [0.717, 1.165) is 13.0 Å². The van der Waals surface area contributed by atoms with Crippen molar-refractivity contribution in [2.75, 3.05) is 13.7 Å². The van der Waals surface area contributed by atoms with Crippen LogP contribution in [0.4, 0.5) is 0 Å². The predicted molar refractivity (Wildman–Crippen MR) is 77.8 cm³/mol. The number of ether oxygens (including phenoxy) is 1. The summed E-state index contributed by atoms with van der Waals surface area (Å²) < 4.78 is 5.95. The lowest BCUT2D eigenvalue weighted by atomic mass is 10.0. The van der Waals surface area contributed by atoms with E-state index in [4.69, 9.17) is 4.74 Å². The first-order valence-electron chi connectivity index (χ1n) is 6.89. The zero-order valence-electron chi connectivity index (χ0n) is 12.4. The van der Waals surface area contributed by atoms with Gasteiger partial charge in [-0.05, 0) is 44.4 Å². The van der Waals surface area contributed by atoms with Crippen LogP contribution in [0.5, 0.6) is 0 Å². The maximum Gasteiger partial charge on any atom is 0.0665 e. The summed E-state index contributed by atoms with van der Waals surface area (Å²) in [7, 11) is 1.99. The maximum absolute atomic E-state index is 5.95. The van der Waals surface area contributed by atoms with Crippen LogP contribution in [0.3, 0.4) is 0 Å². The monoisotopic (exact) mass is 249 g/mol. The van der Waals surface area contributed by atoms with E-state index in [2.05, 4.69) is 57.3 Å². The molecule has 0 spiro atoms. The van der Waals surface area contributed by atoms with Gasteiger partial charge in [0.2, 0.25) is 0 Å². The normalized spacial score (nSPS) is 14.8. The Kier molecular flexibility index (Phi) is 6.37. The van der Waals surface area contributed by atoms with Gasteiger partial charge in [-0.15, -0.1) is 0 Å². The van der Waals surface area contributed by atoms with Gasteiger partial charge in [0.05, 0.1) is 18.8 Å². The van der Waals surface area contributed by atoms with Crippen LogP contribution in [0.25, 0.3) is 0 Å². The van der Waals surface area contributed by atoms with Gasteiger partial charge in [-0.2, -0.15) is 0 Å². The summed E-state index contributed by atoms with van der Waals surface area (Å²) in [5.41, 5.74) is 2.65. The van der Waals surface area contributed by atoms with Gasteiger partial charge in [-0.1, -0.05) is 38.1 Å². The molecule has 0 bridgehead atoms. The Morgan fingerprint density at radius 2 is 1.83 bits per heavy atom. The second kappa shape index (κ2) is 7.55. The van der Waals surface area contributed by atoms with Crippen molar-refractivity contribution in [3.63, 3.8) is 0 Å². The molecule has 0 fully saturated rings. The van der Waals surface area contributed by atoms with Crippen molar-refractivity contribution in [1.29, 1.82) is 0 Å². The fourth-order valence-electron chi connectivity index (χ4n) is 2.30. The summed E-state index contributed by atoms with van der Waals surface area (Å²) in [6, 6.07) is 8.77. The molecule has 2 heteroatoms. The van der Waals surface area contributed by atoms with Crippen LogP contribution < -0.4 is 5.32 Å². The van der Waals surface area contributed by atoms with Crippen LogP contribution >= 0.6 is 0 Å². The first-order chi connectivity index (χ1) is 8.54. The smallest absolute Gasteiger partial charge is 0.0665 e. The van der Waals surface area contributed by atoms with Crippen LogP contribution in [0.2, 0.25) is 0 Å². The number of benzene rings is 1. The lowest BCUT2D eigenvalue weighted by Gasteiger charge is -2.22. The quantitative estimate of drug-likeness (QED) is 0.795. The minimum absolute atomic E-state index is 0.279. The van der Waals surface area contributed by atoms with E-state index in [1.54, 1.807) is 0 Å². The molecule has 0 heterocycles. The van der Waals surface area contributed by atoms with E-state index in [-0.39, 0.29) is 6.04 Å². The van der Waals surface area contributed by atoms with E-state index >= 15 is 0 Å². The number of aryl methyl sites for hydroxylation is 1. The Morgan fingerprint density at radius 1 is 1.17 bits per heavy atom. The van der Waals surface area contributed by atoms with E-state index in [0.29, 0.717) is 12.0 Å². The predicted octanol–water partition coefficient (Wildman–Crippen LogP) is 3.71. The highest BCUT2D eigenvalue weighted by Gasteiger charge is 2.13. The third-order valence-corrected chi connectivity index (χ3v) is 3.26. The number of rotatable bonds is 7. The average molecular weight is 249 g/mol. The summed E-state index contributed by atoms with van der Waals surface area (Å²) in [4.78, 5) is 0. The second-order valence-electron chi connectivity index (χ2n) is 5.47. The molecule has 0 radical (unpaired) electrons. The van der Waals surface area contributed by atoms with Gasteiger partial charge in [-0.25, -0.2) is 0 Å². The number of hydrogen-bond acceptors (Lipinski definition) is 2. The van der Waals surface area contributed by atoms with E-state index in [1.807, 2.05) is 7.05 Å². The van der Waals surface area contributed by atoms with E-state index in [9.17, 15) is 0 Å². The van der Waals surface area contributed by atoms with Gasteiger partial charge < -0.3 is 10.1 Å². The topological polar surface area (TPSA) is 21.3 Å². The fourth-order valence-corrected chi connectivity index (χ4v) is 2.30. The molecule has 102 valence electrons. The summed E-state index contributed by atoms with van der Waals surface area (Å²) in [6.45, 7) is 9.50. The molecule has 0 aliphatic carbocycles. The second-order valence-corrected chi connectivity index (χ2v) is 5.47. The van der Waals surface area contributed by atoms with Crippen molar-refractivity contribution < 1.29 is 4.74 Å².